The molecule has 0 atom stereocenters. The lowest BCUT2D eigenvalue weighted by atomic mass is 10.2. The Balaban J connectivity index is 0.000000187. The van der Waals surface area contributed by atoms with E-state index in [2.05, 4.69) is 36.6 Å². The summed E-state index contributed by atoms with van der Waals surface area (Å²) in [5.41, 5.74) is 11.4. The predicted octanol–water partition coefficient (Wildman–Crippen LogP) is 8.39. The lowest BCUT2D eigenvalue weighted by Crippen LogP contribution is -1.94. The van der Waals surface area contributed by atoms with Gasteiger partial charge in [0, 0.05) is 54.7 Å². The number of nitrogen functional groups attached to an aromatic ring is 1. The van der Waals surface area contributed by atoms with Crippen LogP contribution in [0.2, 0.25) is 0 Å². The van der Waals surface area contributed by atoms with Gasteiger partial charge < -0.3 is 29.6 Å². The Kier molecular flexibility index (Phi) is 11.7. The molecular formula is C30H35BN3O3. The van der Waals surface area contributed by atoms with Gasteiger partial charge in [-0.05, 0) is 86.6 Å². The van der Waals surface area contributed by atoms with Gasteiger partial charge in [-0.3, -0.25) is 0 Å². The maximum absolute atomic E-state index is 5.54. The molecule has 4 N–H and O–H groups in total. The van der Waals surface area contributed by atoms with Crippen LogP contribution < -0.4 is 16.4 Å². The molecule has 0 amide bonds. The van der Waals surface area contributed by atoms with Gasteiger partial charge >= 0.3 is 0 Å². The van der Waals surface area contributed by atoms with Crippen LogP contribution in [-0.2, 0) is 0 Å². The fraction of sp³-hybridized carbons (Fsp3) is 0.200. The van der Waals surface area contributed by atoms with Crippen LogP contribution in [0.3, 0.4) is 0 Å². The van der Waals surface area contributed by atoms with Crippen molar-refractivity contribution in [2.75, 3.05) is 29.5 Å². The molecule has 0 aliphatic carbocycles. The third kappa shape index (κ3) is 8.14. The minimum atomic E-state index is 0. The zero-order chi connectivity index (χ0) is 25.8. The Morgan fingerprint density at radius 3 is 1.35 bits per heavy atom. The van der Waals surface area contributed by atoms with Crippen LogP contribution in [0.4, 0.5) is 17.1 Å². The lowest BCUT2D eigenvalue weighted by Gasteiger charge is -2.01. The monoisotopic (exact) mass is 496 g/mol. The second kappa shape index (κ2) is 15.0. The van der Waals surface area contributed by atoms with E-state index in [0.717, 1.165) is 63.1 Å². The van der Waals surface area contributed by atoms with Gasteiger partial charge in [-0.2, -0.15) is 0 Å². The van der Waals surface area contributed by atoms with E-state index >= 15 is 0 Å². The molecule has 0 saturated carbocycles. The van der Waals surface area contributed by atoms with Crippen molar-refractivity contribution in [3.63, 3.8) is 0 Å². The molecule has 6 rings (SSSR count). The zero-order valence-corrected chi connectivity index (χ0v) is 22.0. The molecule has 3 radical (unpaired) electrons. The maximum Gasteiger partial charge on any atom is 0.133 e. The second-order valence-electron chi connectivity index (χ2n) is 7.62. The van der Waals surface area contributed by atoms with Gasteiger partial charge in [0.2, 0.25) is 0 Å². The van der Waals surface area contributed by atoms with E-state index in [1.807, 2.05) is 74.5 Å². The van der Waals surface area contributed by atoms with Crippen LogP contribution >= 0.6 is 0 Å². The molecule has 3 heterocycles. The molecule has 0 fully saturated rings. The number of hydrogen-bond acceptors (Lipinski definition) is 6. The molecule has 191 valence electrons. The first-order chi connectivity index (χ1) is 17.7. The van der Waals surface area contributed by atoms with Crippen molar-refractivity contribution < 1.29 is 13.3 Å². The summed E-state index contributed by atoms with van der Waals surface area (Å²) in [6.07, 6.45) is 5.07. The van der Waals surface area contributed by atoms with E-state index in [1.54, 1.807) is 18.8 Å². The number of anilines is 3. The topological polar surface area (TPSA) is 89.5 Å². The van der Waals surface area contributed by atoms with Crippen molar-refractivity contribution >= 4 is 58.4 Å². The normalized spacial score (nSPS) is 9.73. The van der Waals surface area contributed by atoms with Gasteiger partial charge in [-0.15, -0.1) is 0 Å². The summed E-state index contributed by atoms with van der Waals surface area (Å²) in [5, 5.41) is 9.84. The van der Waals surface area contributed by atoms with Crippen LogP contribution in [-0.4, -0.2) is 21.5 Å². The van der Waals surface area contributed by atoms with Crippen LogP contribution in [0.15, 0.2) is 105 Å². The van der Waals surface area contributed by atoms with Crippen LogP contribution in [0.1, 0.15) is 27.7 Å². The number of nitrogens with one attached hydrogen (secondary N) is 2. The highest BCUT2D eigenvalue weighted by molar-refractivity contribution is 5.82. The molecule has 0 bridgehead atoms. The molecule has 37 heavy (non-hydrogen) atoms. The average Bonchev–Trinajstić information content (AvgIpc) is 3.66. The van der Waals surface area contributed by atoms with E-state index in [9.17, 15) is 0 Å². The highest BCUT2D eigenvalue weighted by atomic mass is 16.3. The maximum atomic E-state index is 5.54. The minimum absolute atomic E-state index is 0. The van der Waals surface area contributed by atoms with Crippen molar-refractivity contribution in [1.29, 1.82) is 0 Å². The quantitative estimate of drug-likeness (QED) is 0.168. The van der Waals surface area contributed by atoms with Gasteiger partial charge in [0.15, 0.2) is 0 Å². The molecular weight excluding hydrogens is 461 g/mol. The first-order valence-electron chi connectivity index (χ1n) is 12.3. The molecule has 3 aromatic heterocycles. The number of rotatable bonds is 4. The summed E-state index contributed by atoms with van der Waals surface area (Å²) in [6, 6.07) is 23.6. The molecule has 0 aliphatic heterocycles. The van der Waals surface area contributed by atoms with Gasteiger partial charge in [0.05, 0.1) is 18.8 Å². The smallest absolute Gasteiger partial charge is 0.133 e. The first kappa shape index (κ1) is 29.0. The third-order valence-corrected chi connectivity index (χ3v) is 5.14. The second-order valence-corrected chi connectivity index (χ2v) is 7.62. The van der Waals surface area contributed by atoms with Crippen LogP contribution in [0.5, 0.6) is 0 Å². The number of nitrogens with two attached hydrogens (primary N) is 1. The molecule has 6 aromatic rings. The molecule has 0 aliphatic rings. The standard InChI is InChI=1S/2C10H11NO.C8H7NO.C2H6.B/c2*1-2-11-9-3-4-10-8(7-9)5-6-12-10;9-7-1-2-8-6(5-7)3-4-10-8;1-2;/h2*3-7,11H,2H2,1H3;1-5H,9H2;1-2H3;. The van der Waals surface area contributed by atoms with E-state index in [1.165, 1.54) is 0 Å². The summed E-state index contributed by atoms with van der Waals surface area (Å²) in [5.74, 6) is 0. The summed E-state index contributed by atoms with van der Waals surface area (Å²) in [7, 11) is 0. The molecule has 0 spiro atoms. The van der Waals surface area contributed by atoms with E-state index in [-0.39, 0.29) is 8.41 Å². The number of fused-ring (bicyclic) bond motifs is 3. The van der Waals surface area contributed by atoms with Gasteiger partial charge in [-0.1, -0.05) is 13.8 Å². The van der Waals surface area contributed by atoms with Crippen LogP contribution in [0.25, 0.3) is 32.9 Å². The number of benzene rings is 3. The Morgan fingerprint density at radius 1 is 0.568 bits per heavy atom. The number of hydrogen-bond donors (Lipinski definition) is 3. The molecule has 0 saturated heterocycles. The van der Waals surface area contributed by atoms with Crippen LogP contribution in [0, 0.1) is 0 Å². The van der Waals surface area contributed by atoms with Crippen molar-refractivity contribution in [1.82, 2.24) is 0 Å². The predicted molar refractivity (Wildman–Crippen MR) is 158 cm³/mol. The third-order valence-electron chi connectivity index (χ3n) is 5.14. The van der Waals surface area contributed by atoms with E-state index in [4.69, 9.17) is 19.0 Å². The van der Waals surface area contributed by atoms with Crippen molar-refractivity contribution in [2.24, 2.45) is 0 Å². The Labute approximate surface area is 220 Å². The Bertz CT molecular complexity index is 1390. The molecule has 6 nitrogen and oxygen atoms in total. The summed E-state index contributed by atoms with van der Waals surface area (Å²) in [4.78, 5) is 0. The lowest BCUT2D eigenvalue weighted by molar-refractivity contribution is 0.615. The summed E-state index contributed by atoms with van der Waals surface area (Å²) < 4.78 is 15.6. The fourth-order valence-electron chi connectivity index (χ4n) is 3.55. The van der Waals surface area contributed by atoms with E-state index < -0.39 is 0 Å². The fourth-order valence-corrected chi connectivity index (χ4v) is 3.55. The van der Waals surface area contributed by atoms with Crippen molar-refractivity contribution in [3.8, 4) is 0 Å². The van der Waals surface area contributed by atoms with Crippen molar-refractivity contribution in [2.45, 2.75) is 27.7 Å². The van der Waals surface area contributed by atoms with Gasteiger partial charge in [0.25, 0.3) is 0 Å². The summed E-state index contributed by atoms with van der Waals surface area (Å²) >= 11 is 0. The highest BCUT2D eigenvalue weighted by Crippen LogP contribution is 2.20. The Morgan fingerprint density at radius 2 is 0.946 bits per heavy atom. The highest BCUT2D eigenvalue weighted by Gasteiger charge is 1.97. The summed E-state index contributed by atoms with van der Waals surface area (Å²) in [6.45, 7) is 10.1. The van der Waals surface area contributed by atoms with Crippen molar-refractivity contribution in [3.05, 3.63) is 91.6 Å². The molecule has 3 aromatic carbocycles. The first-order valence-corrected chi connectivity index (χ1v) is 12.3. The SMILES string of the molecule is CC.CCNc1ccc2occc2c1.CCNc1ccc2occc2c1.Nc1ccc2occc2c1.[B]. The molecule has 0 unspecified atom stereocenters. The van der Waals surface area contributed by atoms with E-state index in [0.29, 0.717) is 0 Å². The average molecular weight is 496 g/mol. The Hall–Kier alpha value is -4.26. The van der Waals surface area contributed by atoms with Gasteiger partial charge in [0.1, 0.15) is 16.7 Å². The van der Waals surface area contributed by atoms with Gasteiger partial charge in [-0.25, -0.2) is 0 Å². The zero-order valence-electron chi connectivity index (χ0n) is 22.0. The minimum Gasteiger partial charge on any atom is -0.464 e. The molecule has 7 heteroatoms. The number of furan rings is 3. The largest absolute Gasteiger partial charge is 0.464 e.